The molecule has 4 heteroatoms. The van der Waals surface area contributed by atoms with Gasteiger partial charge in [-0.3, -0.25) is 0 Å². The van der Waals surface area contributed by atoms with E-state index in [4.69, 9.17) is 0 Å². The Hall–Kier alpha value is -2.36. The lowest BCUT2D eigenvalue weighted by atomic mass is 10.2. The number of aryl methyl sites for hydroxylation is 1. The lowest BCUT2D eigenvalue weighted by Crippen LogP contribution is -2.09. The van der Waals surface area contributed by atoms with Gasteiger partial charge in [-0.1, -0.05) is 6.07 Å². The summed E-state index contributed by atoms with van der Waals surface area (Å²) in [5.74, 6) is 0.948. The zero-order valence-corrected chi connectivity index (χ0v) is 11.3. The van der Waals surface area contributed by atoms with Crippen molar-refractivity contribution in [1.29, 1.82) is 0 Å². The summed E-state index contributed by atoms with van der Waals surface area (Å²) in [7, 11) is 3.96. The van der Waals surface area contributed by atoms with E-state index in [1.807, 2.05) is 47.9 Å². The van der Waals surface area contributed by atoms with Crippen molar-refractivity contribution >= 4 is 11.5 Å². The molecule has 19 heavy (non-hydrogen) atoms. The smallest absolute Gasteiger partial charge is 0.137 e. The van der Waals surface area contributed by atoms with Gasteiger partial charge in [0.05, 0.1) is 5.69 Å². The minimum atomic E-state index is 0.948. The van der Waals surface area contributed by atoms with E-state index in [0.717, 1.165) is 22.7 Å². The number of pyridine rings is 2. The maximum absolute atomic E-state index is 4.61. The third-order valence-corrected chi connectivity index (χ3v) is 3.10. The first-order valence-corrected chi connectivity index (χ1v) is 6.22. The van der Waals surface area contributed by atoms with E-state index in [1.54, 1.807) is 0 Å². The van der Waals surface area contributed by atoms with Crippen molar-refractivity contribution in [2.45, 2.75) is 6.92 Å². The number of nitrogens with zero attached hydrogens (tertiary/aromatic N) is 4. The Bertz CT molecular complexity index is 711. The van der Waals surface area contributed by atoms with Gasteiger partial charge >= 0.3 is 0 Å². The van der Waals surface area contributed by atoms with E-state index >= 15 is 0 Å². The summed E-state index contributed by atoms with van der Waals surface area (Å²) in [6, 6.07) is 8.15. The molecular formula is C15H16N4. The van der Waals surface area contributed by atoms with Crippen molar-refractivity contribution in [3.05, 3.63) is 48.4 Å². The van der Waals surface area contributed by atoms with Crippen LogP contribution in [0, 0.1) is 6.92 Å². The van der Waals surface area contributed by atoms with E-state index in [9.17, 15) is 0 Å². The van der Waals surface area contributed by atoms with Crippen LogP contribution < -0.4 is 4.90 Å². The first-order valence-electron chi connectivity index (χ1n) is 6.22. The molecule has 0 radical (unpaired) electrons. The number of imidazole rings is 1. The zero-order chi connectivity index (χ0) is 13.4. The second kappa shape index (κ2) is 4.39. The fourth-order valence-corrected chi connectivity index (χ4v) is 2.04. The molecule has 0 bridgehead atoms. The van der Waals surface area contributed by atoms with Crippen molar-refractivity contribution in [3.63, 3.8) is 0 Å². The first kappa shape index (κ1) is 11.7. The molecular weight excluding hydrogens is 236 g/mol. The largest absolute Gasteiger partial charge is 0.363 e. The molecule has 0 saturated heterocycles. The Morgan fingerprint density at radius 3 is 2.58 bits per heavy atom. The summed E-state index contributed by atoms with van der Waals surface area (Å²) in [6.45, 7) is 2.08. The summed E-state index contributed by atoms with van der Waals surface area (Å²) >= 11 is 0. The van der Waals surface area contributed by atoms with Crippen LogP contribution in [0.5, 0.6) is 0 Å². The summed E-state index contributed by atoms with van der Waals surface area (Å²) in [6.07, 6.45) is 5.98. The highest BCUT2D eigenvalue weighted by atomic mass is 15.1. The molecule has 4 nitrogen and oxygen atoms in total. The SMILES string of the molecule is Cc1ccc2nc(-c3ccc(N(C)C)nc3)cn2c1. The van der Waals surface area contributed by atoms with Gasteiger partial charge in [0.25, 0.3) is 0 Å². The first-order chi connectivity index (χ1) is 9.13. The monoisotopic (exact) mass is 252 g/mol. The van der Waals surface area contributed by atoms with Crippen molar-refractivity contribution in [2.75, 3.05) is 19.0 Å². The molecule has 0 N–H and O–H groups in total. The Labute approximate surface area is 112 Å². The van der Waals surface area contributed by atoms with Crippen LogP contribution in [-0.4, -0.2) is 28.5 Å². The second-order valence-electron chi connectivity index (χ2n) is 4.90. The highest BCUT2D eigenvalue weighted by Crippen LogP contribution is 2.20. The predicted octanol–water partition coefficient (Wildman–Crippen LogP) is 2.77. The van der Waals surface area contributed by atoms with E-state index in [-0.39, 0.29) is 0 Å². The molecule has 3 aromatic rings. The molecule has 0 aromatic carbocycles. The molecule has 0 aliphatic carbocycles. The second-order valence-corrected chi connectivity index (χ2v) is 4.90. The minimum absolute atomic E-state index is 0.948. The van der Waals surface area contributed by atoms with E-state index in [0.29, 0.717) is 0 Å². The summed E-state index contributed by atoms with van der Waals surface area (Å²) in [4.78, 5) is 11.0. The molecule has 3 heterocycles. The molecule has 0 aliphatic heterocycles. The van der Waals surface area contributed by atoms with Gasteiger partial charge in [0.15, 0.2) is 0 Å². The zero-order valence-electron chi connectivity index (χ0n) is 11.3. The quantitative estimate of drug-likeness (QED) is 0.703. The highest BCUT2D eigenvalue weighted by molar-refractivity contribution is 5.63. The molecule has 3 aromatic heterocycles. The van der Waals surface area contributed by atoms with Crippen molar-refractivity contribution < 1.29 is 0 Å². The minimum Gasteiger partial charge on any atom is -0.363 e. The van der Waals surface area contributed by atoms with Gasteiger partial charge in [0.2, 0.25) is 0 Å². The van der Waals surface area contributed by atoms with Crippen LogP contribution in [0.1, 0.15) is 5.56 Å². The van der Waals surface area contributed by atoms with Crippen LogP contribution >= 0.6 is 0 Å². The Balaban J connectivity index is 2.03. The Kier molecular flexibility index (Phi) is 2.71. The van der Waals surface area contributed by atoms with Crippen LogP contribution in [-0.2, 0) is 0 Å². The van der Waals surface area contributed by atoms with Gasteiger partial charge in [-0.25, -0.2) is 9.97 Å². The summed E-state index contributed by atoms with van der Waals surface area (Å²) < 4.78 is 2.05. The molecule has 0 unspecified atom stereocenters. The van der Waals surface area contributed by atoms with E-state index in [1.165, 1.54) is 5.56 Å². The van der Waals surface area contributed by atoms with Gasteiger partial charge in [-0.2, -0.15) is 0 Å². The van der Waals surface area contributed by atoms with Crippen LogP contribution in [0.2, 0.25) is 0 Å². The molecule has 0 spiro atoms. The van der Waals surface area contributed by atoms with Crippen molar-refractivity contribution in [3.8, 4) is 11.3 Å². The lowest BCUT2D eigenvalue weighted by molar-refractivity contribution is 1.07. The number of fused-ring (bicyclic) bond motifs is 1. The average Bonchev–Trinajstić information content (AvgIpc) is 2.81. The molecule has 0 amide bonds. The standard InChI is InChI=1S/C15H16N4/c1-11-4-6-15-17-13(10-19(15)9-11)12-5-7-14(16-8-12)18(2)3/h4-10H,1-3H3. The van der Waals surface area contributed by atoms with Crippen LogP contribution in [0.15, 0.2) is 42.9 Å². The molecule has 3 rings (SSSR count). The van der Waals surface area contributed by atoms with Crippen LogP contribution in [0.3, 0.4) is 0 Å². The normalized spacial score (nSPS) is 10.9. The van der Waals surface area contributed by atoms with E-state index in [2.05, 4.69) is 35.2 Å². The van der Waals surface area contributed by atoms with E-state index < -0.39 is 0 Å². The number of rotatable bonds is 2. The molecule has 0 fully saturated rings. The third-order valence-electron chi connectivity index (χ3n) is 3.10. The van der Waals surface area contributed by atoms with Crippen LogP contribution in [0.25, 0.3) is 16.9 Å². The molecule has 0 saturated carbocycles. The third kappa shape index (κ3) is 2.17. The summed E-state index contributed by atoms with van der Waals surface area (Å²) in [5.41, 5.74) is 4.16. The number of hydrogen-bond acceptors (Lipinski definition) is 3. The number of aromatic nitrogens is 3. The number of anilines is 1. The molecule has 0 atom stereocenters. The maximum Gasteiger partial charge on any atom is 0.137 e. The lowest BCUT2D eigenvalue weighted by Gasteiger charge is -2.10. The van der Waals surface area contributed by atoms with Crippen LogP contribution in [0.4, 0.5) is 5.82 Å². The van der Waals surface area contributed by atoms with Gasteiger partial charge < -0.3 is 9.30 Å². The predicted molar refractivity (Wildman–Crippen MR) is 77.5 cm³/mol. The number of hydrogen-bond donors (Lipinski definition) is 0. The summed E-state index contributed by atoms with van der Waals surface area (Å²) in [5, 5.41) is 0. The van der Waals surface area contributed by atoms with Gasteiger partial charge in [0, 0.05) is 38.2 Å². The topological polar surface area (TPSA) is 33.4 Å². The van der Waals surface area contributed by atoms with Gasteiger partial charge in [-0.05, 0) is 30.7 Å². The average molecular weight is 252 g/mol. The van der Waals surface area contributed by atoms with Crippen molar-refractivity contribution in [2.24, 2.45) is 0 Å². The Morgan fingerprint density at radius 1 is 1.05 bits per heavy atom. The fourth-order valence-electron chi connectivity index (χ4n) is 2.04. The maximum atomic E-state index is 4.61. The fraction of sp³-hybridized carbons (Fsp3) is 0.200. The van der Waals surface area contributed by atoms with Gasteiger partial charge in [0.1, 0.15) is 11.5 Å². The highest BCUT2D eigenvalue weighted by Gasteiger charge is 2.05. The molecule has 96 valence electrons. The van der Waals surface area contributed by atoms with Crippen molar-refractivity contribution in [1.82, 2.24) is 14.4 Å². The van der Waals surface area contributed by atoms with Gasteiger partial charge in [-0.15, -0.1) is 0 Å². The molecule has 0 aliphatic rings. The Morgan fingerprint density at radius 2 is 1.89 bits per heavy atom.